The molecule has 1 atom stereocenters. The Morgan fingerprint density at radius 2 is 1.91 bits per heavy atom. The van der Waals surface area contributed by atoms with E-state index in [0.717, 1.165) is 29.7 Å². The summed E-state index contributed by atoms with van der Waals surface area (Å²) in [6.07, 6.45) is 6.17. The number of benzene rings is 1. The van der Waals surface area contributed by atoms with Crippen LogP contribution >= 0.6 is 0 Å². The van der Waals surface area contributed by atoms with Crippen molar-refractivity contribution in [3.63, 3.8) is 0 Å². The maximum atomic E-state index is 9.35. The van der Waals surface area contributed by atoms with Crippen molar-refractivity contribution in [3.05, 3.63) is 36.0 Å². The Labute approximate surface area is 138 Å². The number of ether oxygens (including phenoxy) is 1. The Bertz CT molecular complexity index is 626. The molecule has 1 aromatic carbocycles. The van der Waals surface area contributed by atoms with Crippen LogP contribution in [0.1, 0.15) is 51.6 Å². The van der Waals surface area contributed by atoms with Crippen LogP contribution in [0.2, 0.25) is 0 Å². The number of rotatable bonds is 9. The first-order chi connectivity index (χ1) is 11.1. The summed E-state index contributed by atoms with van der Waals surface area (Å²) < 4.78 is 5.82. The Morgan fingerprint density at radius 3 is 2.65 bits per heavy atom. The van der Waals surface area contributed by atoms with Gasteiger partial charge in [-0.1, -0.05) is 38.7 Å². The molecule has 0 spiro atoms. The number of hydrogen-bond acceptors (Lipinski definition) is 4. The minimum absolute atomic E-state index is 0.134. The molecule has 0 saturated carbocycles. The molecule has 126 valence electrons. The Balaban J connectivity index is 1.98. The smallest absolute Gasteiger partial charge is 0.120 e. The molecular weight excluding hydrogens is 288 g/mol. The molecule has 2 aromatic rings. The van der Waals surface area contributed by atoms with Crippen LogP contribution in [0.5, 0.6) is 5.75 Å². The molecule has 0 saturated heterocycles. The predicted octanol–water partition coefficient (Wildman–Crippen LogP) is 3.75. The number of pyridine rings is 1. The monoisotopic (exact) mass is 316 g/mol. The standard InChI is InChI=1S/C19H28N2O2/c1-3-4-5-6-7-12-23-16-9-10-17-15(13-16)8-11-18(21-17)19(2,20)14-22/h8-11,13,22H,3-7,12,14,20H2,1-2H3/t19-/m0/s1. The predicted molar refractivity (Wildman–Crippen MR) is 94.6 cm³/mol. The second kappa shape index (κ2) is 8.27. The highest BCUT2D eigenvalue weighted by Gasteiger charge is 2.21. The maximum Gasteiger partial charge on any atom is 0.120 e. The molecule has 2 rings (SSSR count). The van der Waals surface area contributed by atoms with E-state index in [-0.39, 0.29) is 6.61 Å². The third-order valence-corrected chi connectivity index (χ3v) is 4.09. The van der Waals surface area contributed by atoms with E-state index in [4.69, 9.17) is 10.5 Å². The number of aliphatic hydroxyl groups is 1. The van der Waals surface area contributed by atoms with Crippen molar-refractivity contribution in [2.24, 2.45) is 5.73 Å². The molecule has 0 aliphatic heterocycles. The molecule has 4 heteroatoms. The summed E-state index contributed by atoms with van der Waals surface area (Å²) in [6, 6.07) is 9.74. The number of aromatic nitrogens is 1. The zero-order valence-electron chi connectivity index (χ0n) is 14.2. The van der Waals surface area contributed by atoms with Gasteiger partial charge in [-0.2, -0.15) is 0 Å². The van der Waals surface area contributed by atoms with Gasteiger partial charge in [0.1, 0.15) is 5.75 Å². The number of unbranched alkanes of at least 4 members (excludes halogenated alkanes) is 4. The van der Waals surface area contributed by atoms with Crippen LogP contribution in [0.4, 0.5) is 0 Å². The molecule has 1 aromatic heterocycles. The van der Waals surface area contributed by atoms with Crippen molar-refractivity contribution >= 4 is 10.9 Å². The fraction of sp³-hybridized carbons (Fsp3) is 0.526. The zero-order chi connectivity index (χ0) is 16.7. The van der Waals surface area contributed by atoms with Gasteiger partial charge in [-0.25, -0.2) is 0 Å². The topological polar surface area (TPSA) is 68.4 Å². The minimum Gasteiger partial charge on any atom is -0.494 e. The SMILES string of the molecule is CCCCCCCOc1ccc2nc([C@@](C)(N)CO)ccc2c1. The van der Waals surface area contributed by atoms with Crippen molar-refractivity contribution in [2.75, 3.05) is 13.2 Å². The Morgan fingerprint density at radius 1 is 1.13 bits per heavy atom. The second-order valence-electron chi connectivity index (χ2n) is 6.39. The Hall–Kier alpha value is -1.65. The Kier molecular flexibility index (Phi) is 6.37. The summed E-state index contributed by atoms with van der Waals surface area (Å²) in [5.74, 6) is 0.875. The molecular formula is C19H28N2O2. The fourth-order valence-corrected chi connectivity index (χ4v) is 2.49. The van der Waals surface area contributed by atoms with E-state index in [0.29, 0.717) is 5.69 Å². The van der Waals surface area contributed by atoms with E-state index >= 15 is 0 Å². The fourth-order valence-electron chi connectivity index (χ4n) is 2.49. The number of hydrogen-bond donors (Lipinski definition) is 2. The lowest BCUT2D eigenvalue weighted by Gasteiger charge is -2.21. The van der Waals surface area contributed by atoms with E-state index in [2.05, 4.69) is 11.9 Å². The normalized spacial score (nSPS) is 13.9. The molecule has 0 amide bonds. The molecule has 3 N–H and O–H groups in total. The zero-order valence-corrected chi connectivity index (χ0v) is 14.2. The van der Waals surface area contributed by atoms with Crippen molar-refractivity contribution < 1.29 is 9.84 Å². The largest absolute Gasteiger partial charge is 0.494 e. The number of nitrogens with zero attached hydrogens (tertiary/aromatic N) is 1. The van der Waals surface area contributed by atoms with Gasteiger partial charge in [0, 0.05) is 5.39 Å². The van der Waals surface area contributed by atoms with Crippen molar-refractivity contribution in [1.82, 2.24) is 4.98 Å². The van der Waals surface area contributed by atoms with Crippen LogP contribution in [0.15, 0.2) is 30.3 Å². The van der Waals surface area contributed by atoms with Crippen molar-refractivity contribution in [2.45, 2.75) is 51.5 Å². The summed E-state index contributed by atoms with van der Waals surface area (Å²) in [5.41, 5.74) is 6.77. The van der Waals surface area contributed by atoms with E-state index in [1.54, 1.807) is 6.92 Å². The molecule has 1 heterocycles. The van der Waals surface area contributed by atoms with Gasteiger partial charge in [0.05, 0.1) is 30.0 Å². The molecule has 23 heavy (non-hydrogen) atoms. The van der Waals surface area contributed by atoms with E-state index in [1.165, 1.54) is 25.7 Å². The molecule has 0 aliphatic rings. The van der Waals surface area contributed by atoms with Crippen LogP contribution in [0.25, 0.3) is 10.9 Å². The van der Waals surface area contributed by atoms with Gasteiger partial charge in [-0.15, -0.1) is 0 Å². The van der Waals surface area contributed by atoms with Crippen LogP contribution in [0.3, 0.4) is 0 Å². The average Bonchev–Trinajstić information content (AvgIpc) is 2.57. The first kappa shape index (κ1) is 17.7. The quantitative estimate of drug-likeness (QED) is 0.691. The molecule has 0 fully saturated rings. The minimum atomic E-state index is -0.818. The van der Waals surface area contributed by atoms with Gasteiger partial charge in [0.25, 0.3) is 0 Å². The highest BCUT2D eigenvalue weighted by Crippen LogP contribution is 2.23. The van der Waals surface area contributed by atoms with Gasteiger partial charge >= 0.3 is 0 Å². The lowest BCUT2D eigenvalue weighted by Crippen LogP contribution is -2.37. The van der Waals surface area contributed by atoms with E-state index < -0.39 is 5.54 Å². The van der Waals surface area contributed by atoms with E-state index in [1.807, 2.05) is 30.3 Å². The van der Waals surface area contributed by atoms with Crippen molar-refractivity contribution in [1.29, 1.82) is 0 Å². The summed E-state index contributed by atoms with van der Waals surface area (Å²) in [4.78, 5) is 4.55. The maximum absolute atomic E-state index is 9.35. The van der Waals surface area contributed by atoms with Gasteiger partial charge < -0.3 is 15.6 Å². The molecule has 0 aliphatic carbocycles. The molecule has 0 radical (unpaired) electrons. The third-order valence-electron chi connectivity index (χ3n) is 4.09. The lowest BCUT2D eigenvalue weighted by molar-refractivity contribution is 0.207. The van der Waals surface area contributed by atoms with Gasteiger partial charge in [-0.05, 0) is 37.6 Å². The number of aliphatic hydroxyl groups excluding tert-OH is 1. The van der Waals surface area contributed by atoms with E-state index in [9.17, 15) is 5.11 Å². The highest BCUT2D eigenvalue weighted by atomic mass is 16.5. The summed E-state index contributed by atoms with van der Waals surface area (Å²) in [5, 5.41) is 10.4. The van der Waals surface area contributed by atoms with Crippen LogP contribution in [-0.4, -0.2) is 23.3 Å². The van der Waals surface area contributed by atoms with Crippen LogP contribution in [0, 0.1) is 0 Å². The first-order valence-electron chi connectivity index (χ1n) is 8.50. The molecule has 0 bridgehead atoms. The summed E-state index contributed by atoms with van der Waals surface area (Å²) in [7, 11) is 0. The highest BCUT2D eigenvalue weighted by molar-refractivity contribution is 5.80. The summed E-state index contributed by atoms with van der Waals surface area (Å²) >= 11 is 0. The van der Waals surface area contributed by atoms with Gasteiger partial charge in [-0.3, -0.25) is 4.98 Å². The second-order valence-corrected chi connectivity index (χ2v) is 6.39. The lowest BCUT2D eigenvalue weighted by atomic mass is 9.99. The number of fused-ring (bicyclic) bond motifs is 1. The molecule has 0 unspecified atom stereocenters. The molecule has 4 nitrogen and oxygen atoms in total. The number of nitrogens with two attached hydrogens (primary N) is 1. The van der Waals surface area contributed by atoms with Crippen molar-refractivity contribution in [3.8, 4) is 5.75 Å². The first-order valence-corrected chi connectivity index (χ1v) is 8.50. The van der Waals surface area contributed by atoms with Crippen LogP contribution in [-0.2, 0) is 5.54 Å². The average molecular weight is 316 g/mol. The third kappa shape index (κ3) is 4.91. The summed E-state index contributed by atoms with van der Waals surface area (Å²) in [6.45, 7) is 4.62. The van der Waals surface area contributed by atoms with Gasteiger partial charge in [0.15, 0.2) is 0 Å². The van der Waals surface area contributed by atoms with Gasteiger partial charge in [0.2, 0.25) is 0 Å². The van der Waals surface area contributed by atoms with Crippen LogP contribution < -0.4 is 10.5 Å².